The number of benzene rings is 1. The minimum atomic E-state index is -0.940. The first-order chi connectivity index (χ1) is 9.02. The molecular formula is C13H11ClN2O3. The maximum atomic E-state index is 11.9. The molecular weight excluding hydrogens is 268 g/mol. The molecule has 1 aliphatic carbocycles. The molecule has 1 fully saturated rings. The second-order valence-corrected chi connectivity index (χ2v) is 4.83. The van der Waals surface area contributed by atoms with E-state index in [-0.39, 0.29) is 10.9 Å². The van der Waals surface area contributed by atoms with Crippen molar-refractivity contribution in [3.8, 4) is 6.07 Å². The molecule has 5 nitrogen and oxygen atoms in total. The van der Waals surface area contributed by atoms with Crippen LogP contribution in [-0.2, 0) is 9.59 Å². The van der Waals surface area contributed by atoms with Gasteiger partial charge in [0, 0.05) is 5.69 Å². The number of carboxylic acid groups (broad SMARTS) is 1. The van der Waals surface area contributed by atoms with Crippen LogP contribution in [0.5, 0.6) is 0 Å². The van der Waals surface area contributed by atoms with Gasteiger partial charge < -0.3 is 10.4 Å². The monoisotopic (exact) mass is 278 g/mol. The van der Waals surface area contributed by atoms with Gasteiger partial charge in [-0.25, -0.2) is 0 Å². The SMILES string of the molecule is N#Cc1ccc(NC(=O)[C@H]2CC[C@@H]2C(=O)O)cc1Cl. The Hall–Kier alpha value is -2.06. The largest absolute Gasteiger partial charge is 0.481 e. The number of aliphatic carboxylic acids is 1. The highest BCUT2D eigenvalue weighted by Crippen LogP contribution is 2.35. The fraction of sp³-hybridized carbons (Fsp3) is 0.308. The average Bonchev–Trinajstić information content (AvgIpc) is 2.26. The number of carboxylic acids is 1. The van der Waals surface area contributed by atoms with Gasteiger partial charge in [-0.3, -0.25) is 9.59 Å². The van der Waals surface area contributed by atoms with Crippen molar-refractivity contribution >= 4 is 29.2 Å². The Kier molecular flexibility index (Phi) is 3.72. The number of hydrogen-bond donors (Lipinski definition) is 2. The second kappa shape index (κ2) is 5.29. The minimum absolute atomic E-state index is 0.253. The molecule has 6 heteroatoms. The Morgan fingerprint density at radius 1 is 1.37 bits per heavy atom. The molecule has 0 radical (unpaired) electrons. The lowest BCUT2D eigenvalue weighted by Crippen LogP contribution is -2.41. The van der Waals surface area contributed by atoms with Crippen LogP contribution in [0, 0.1) is 23.2 Å². The van der Waals surface area contributed by atoms with Crippen molar-refractivity contribution in [2.45, 2.75) is 12.8 Å². The van der Waals surface area contributed by atoms with Gasteiger partial charge >= 0.3 is 5.97 Å². The maximum Gasteiger partial charge on any atom is 0.307 e. The number of carbonyl (C=O) groups excluding carboxylic acids is 1. The number of anilines is 1. The summed E-state index contributed by atoms with van der Waals surface area (Å²) in [5, 5.41) is 20.5. The highest BCUT2D eigenvalue weighted by atomic mass is 35.5. The van der Waals surface area contributed by atoms with Crippen LogP contribution in [0.25, 0.3) is 0 Å². The van der Waals surface area contributed by atoms with Crippen molar-refractivity contribution < 1.29 is 14.7 Å². The first-order valence-corrected chi connectivity index (χ1v) is 6.14. The molecule has 0 spiro atoms. The first kappa shape index (κ1) is 13.4. The van der Waals surface area contributed by atoms with Gasteiger partial charge in [0.25, 0.3) is 0 Å². The third-order valence-corrected chi connectivity index (χ3v) is 3.60. The summed E-state index contributed by atoms with van der Waals surface area (Å²) in [5.41, 5.74) is 0.789. The van der Waals surface area contributed by atoms with Gasteiger partial charge in [-0.1, -0.05) is 11.6 Å². The number of amides is 1. The topological polar surface area (TPSA) is 90.2 Å². The van der Waals surface area contributed by atoms with E-state index in [1.807, 2.05) is 6.07 Å². The van der Waals surface area contributed by atoms with E-state index in [1.54, 1.807) is 6.07 Å². The standard InChI is InChI=1S/C13H11ClN2O3/c14-11-5-8(2-1-7(11)6-15)16-12(17)9-3-4-10(9)13(18)19/h1-2,5,9-10H,3-4H2,(H,16,17)(H,18,19)/t9-,10-/m0/s1. The fourth-order valence-corrected chi connectivity index (χ4v) is 2.25. The van der Waals surface area contributed by atoms with Gasteiger partial charge in [0.1, 0.15) is 6.07 Å². The molecule has 1 aliphatic rings. The zero-order valence-corrected chi connectivity index (χ0v) is 10.6. The highest BCUT2D eigenvalue weighted by Gasteiger charge is 2.41. The van der Waals surface area contributed by atoms with Crippen LogP contribution in [0.3, 0.4) is 0 Å². The molecule has 2 atom stereocenters. The quantitative estimate of drug-likeness (QED) is 0.887. The number of nitriles is 1. The van der Waals surface area contributed by atoms with Gasteiger partial charge in [-0.15, -0.1) is 0 Å². The highest BCUT2D eigenvalue weighted by molar-refractivity contribution is 6.32. The summed E-state index contributed by atoms with van der Waals surface area (Å²) in [6.07, 6.45) is 1.11. The van der Waals surface area contributed by atoms with Gasteiger partial charge in [0.15, 0.2) is 0 Å². The molecule has 0 saturated heterocycles. The summed E-state index contributed by atoms with van der Waals surface area (Å²) >= 11 is 5.85. The lowest BCUT2D eigenvalue weighted by atomic mass is 9.73. The van der Waals surface area contributed by atoms with E-state index < -0.39 is 17.8 Å². The van der Waals surface area contributed by atoms with Crippen LogP contribution in [0.1, 0.15) is 18.4 Å². The maximum absolute atomic E-state index is 11.9. The molecule has 19 heavy (non-hydrogen) atoms. The number of rotatable bonds is 3. The van der Waals surface area contributed by atoms with Gasteiger partial charge in [-0.2, -0.15) is 5.26 Å². The molecule has 0 aromatic heterocycles. The Morgan fingerprint density at radius 3 is 2.53 bits per heavy atom. The second-order valence-electron chi connectivity index (χ2n) is 4.42. The van der Waals surface area contributed by atoms with E-state index in [2.05, 4.69) is 5.32 Å². The number of carbonyl (C=O) groups is 2. The third kappa shape index (κ3) is 2.69. The smallest absolute Gasteiger partial charge is 0.307 e. The van der Waals surface area contributed by atoms with E-state index in [1.165, 1.54) is 12.1 Å². The molecule has 0 bridgehead atoms. The summed E-state index contributed by atoms with van der Waals surface area (Å²) < 4.78 is 0. The summed E-state index contributed by atoms with van der Waals surface area (Å²) in [6.45, 7) is 0. The summed E-state index contributed by atoms with van der Waals surface area (Å²) in [5.74, 6) is -2.36. The molecule has 0 aliphatic heterocycles. The van der Waals surface area contributed by atoms with Crippen LogP contribution in [-0.4, -0.2) is 17.0 Å². The number of halogens is 1. The van der Waals surface area contributed by atoms with Crippen molar-refractivity contribution in [1.29, 1.82) is 5.26 Å². The number of nitrogens with zero attached hydrogens (tertiary/aromatic N) is 1. The number of hydrogen-bond acceptors (Lipinski definition) is 3. The zero-order valence-electron chi connectivity index (χ0n) is 9.89. The fourth-order valence-electron chi connectivity index (χ4n) is 2.03. The molecule has 2 rings (SSSR count). The Balaban J connectivity index is 2.06. The minimum Gasteiger partial charge on any atom is -0.481 e. The molecule has 1 amide bonds. The van der Waals surface area contributed by atoms with Crippen LogP contribution in [0.2, 0.25) is 5.02 Å². The Labute approximate surface area is 114 Å². The van der Waals surface area contributed by atoms with E-state index in [0.717, 1.165) is 0 Å². The lowest BCUT2D eigenvalue weighted by Gasteiger charge is -2.31. The first-order valence-electron chi connectivity index (χ1n) is 5.76. The van der Waals surface area contributed by atoms with Gasteiger partial charge in [-0.05, 0) is 31.0 Å². The van der Waals surface area contributed by atoms with Crippen molar-refractivity contribution in [1.82, 2.24) is 0 Å². The predicted molar refractivity (Wildman–Crippen MR) is 68.6 cm³/mol. The van der Waals surface area contributed by atoms with E-state index in [9.17, 15) is 9.59 Å². The molecule has 0 heterocycles. The van der Waals surface area contributed by atoms with Crippen LogP contribution in [0.4, 0.5) is 5.69 Å². The van der Waals surface area contributed by atoms with E-state index in [0.29, 0.717) is 24.1 Å². The molecule has 0 unspecified atom stereocenters. The third-order valence-electron chi connectivity index (χ3n) is 3.29. The Morgan fingerprint density at radius 2 is 2.05 bits per heavy atom. The molecule has 98 valence electrons. The van der Waals surface area contributed by atoms with Gasteiger partial charge in [0.05, 0.1) is 22.4 Å². The normalized spacial score (nSPS) is 21.1. The van der Waals surface area contributed by atoms with Crippen LogP contribution < -0.4 is 5.32 Å². The van der Waals surface area contributed by atoms with Crippen LogP contribution in [0.15, 0.2) is 18.2 Å². The molecule has 1 aromatic rings. The Bertz CT molecular complexity index is 580. The van der Waals surface area contributed by atoms with Crippen LogP contribution >= 0.6 is 11.6 Å². The number of nitrogens with one attached hydrogen (secondary N) is 1. The van der Waals surface area contributed by atoms with Crippen molar-refractivity contribution in [3.63, 3.8) is 0 Å². The van der Waals surface area contributed by atoms with Crippen molar-refractivity contribution in [3.05, 3.63) is 28.8 Å². The zero-order chi connectivity index (χ0) is 14.0. The average molecular weight is 279 g/mol. The predicted octanol–water partition coefficient (Wildman–Crippen LogP) is 2.26. The lowest BCUT2D eigenvalue weighted by molar-refractivity contribution is -0.151. The van der Waals surface area contributed by atoms with Crippen molar-refractivity contribution in [2.24, 2.45) is 11.8 Å². The molecule has 2 N–H and O–H groups in total. The summed E-state index contributed by atoms with van der Waals surface area (Å²) in [7, 11) is 0. The van der Waals surface area contributed by atoms with Gasteiger partial charge in [0.2, 0.25) is 5.91 Å². The van der Waals surface area contributed by atoms with E-state index in [4.69, 9.17) is 22.0 Å². The molecule has 1 saturated carbocycles. The van der Waals surface area contributed by atoms with E-state index >= 15 is 0 Å². The summed E-state index contributed by atoms with van der Waals surface area (Å²) in [6, 6.07) is 6.47. The molecule has 1 aromatic carbocycles. The summed E-state index contributed by atoms with van der Waals surface area (Å²) in [4.78, 5) is 22.7. The van der Waals surface area contributed by atoms with Crippen molar-refractivity contribution in [2.75, 3.05) is 5.32 Å².